The smallest absolute Gasteiger partial charge is 0.234 e. The number of hydrogen-bond acceptors (Lipinski definition) is 4. The average molecular weight is 371 g/mol. The number of benzene rings is 1. The molecular formula is C20H26N4OS. The first kappa shape index (κ1) is 18.7. The molecule has 1 amide bonds. The summed E-state index contributed by atoms with van der Waals surface area (Å²) in [7, 11) is 0. The summed E-state index contributed by atoms with van der Waals surface area (Å²) in [5, 5.41) is 12.3. The molecule has 1 aromatic heterocycles. The fraction of sp³-hybridized carbons (Fsp3) is 0.450. The van der Waals surface area contributed by atoms with Gasteiger partial charge in [0.25, 0.3) is 0 Å². The van der Waals surface area contributed by atoms with E-state index in [1.54, 1.807) is 0 Å². The van der Waals surface area contributed by atoms with Gasteiger partial charge in [0.15, 0.2) is 5.16 Å². The van der Waals surface area contributed by atoms with Gasteiger partial charge in [0, 0.05) is 18.2 Å². The Balaban J connectivity index is 1.58. The third kappa shape index (κ3) is 4.55. The van der Waals surface area contributed by atoms with Gasteiger partial charge in [-0.15, -0.1) is 16.8 Å². The number of thioether (sulfide) groups is 1. The fourth-order valence-corrected chi connectivity index (χ4v) is 3.49. The summed E-state index contributed by atoms with van der Waals surface area (Å²) in [4.78, 5) is 12.3. The van der Waals surface area contributed by atoms with E-state index in [9.17, 15) is 4.79 Å². The highest BCUT2D eigenvalue weighted by Gasteiger charge is 2.30. The van der Waals surface area contributed by atoms with E-state index < -0.39 is 0 Å². The van der Waals surface area contributed by atoms with Gasteiger partial charge in [-0.3, -0.25) is 4.79 Å². The number of rotatable bonds is 7. The van der Waals surface area contributed by atoms with E-state index in [1.807, 2.05) is 18.2 Å². The lowest BCUT2D eigenvalue weighted by Gasteiger charge is -2.19. The molecule has 0 saturated heterocycles. The number of nitrogens with one attached hydrogen (secondary N) is 1. The van der Waals surface area contributed by atoms with Crippen LogP contribution in [0.25, 0.3) is 0 Å². The highest BCUT2D eigenvalue weighted by molar-refractivity contribution is 7.99. The first-order valence-electron chi connectivity index (χ1n) is 8.95. The normalized spacial score (nSPS) is 14.3. The third-order valence-corrected chi connectivity index (χ3v) is 5.33. The van der Waals surface area contributed by atoms with E-state index >= 15 is 0 Å². The summed E-state index contributed by atoms with van der Waals surface area (Å²) in [6.45, 7) is 11.0. The number of amides is 1. The Bertz CT molecular complexity index is 785. The van der Waals surface area contributed by atoms with Gasteiger partial charge in [-0.2, -0.15) is 0 Å². The Hall–Kier alpha value is -2.08. The lowest BCUT2D eigenvalue weighted by atomic mass is 9.87. The monoisotopic (exact) mass is 370 g/mol. The first-order chi connectivity index (χ1) is 12.4. The maximum atomic E-state index is 12.3. The summed E-state index contributed by atoms with van der Waals surface area (Å²) < 4.78 is 2.07. The SMILES string of the molecule is C=CCn1c(SCC(=O)Nc2ccc(C(C)(C)C)cc2)nnc1C1CC1. The molecule has 6 heteroatoms. The molecule has 0 bridgehead atoms. The minimum atomic E-state index is -0.0420. The molecule has 3 rings (SSSR count). The van der Waals surface area contributed by atoms with Gasteiger partial charge in [-0.1, -0.05) is 50.7 Å². The zero-order chi connectivity index (χ0) is 18.7. The molecule has 2 aromatic rings. The molecule has 0 atom stereocenters. The second kappa shape index (κ2) is 7.66. The molecule has 0 unspecified atom stereocenters. The van der Waals surface area contributed by atoms with Crippen LogP contribution < -0.4 is 5.32 Å². The van der Waals surface area contributed by atoms with Crippen molar-refractivity contribution >= 4 is 23.4 Å². The first-order valence-corrected chi connectivity index (χ1v) is 9.94. The molecule has 138 valence electrons. The summed E-state index contributed by atoms with van der Waals surface area (Å²) in [5.74, 6) is 1.80. The zero-order valence-corrected chi connectivity index (χ0v) is 16.5. The van der Waals surface area contributed by atoms with Crippen LogP contribution in [0.1, 0.15) is 50.9 Å². The van der Waals surface area contributed by atoms with Gasteiger partial charge in [-0.05, 0) is 36.0 Å². The summed E-state index contributed by atoms with van der Waals surface area (Å²) >= 11 is 1.42. The van der Waals surface area contributed by atoms with Gasteiger partial charge in [0.1, 0.15) is 5.82 Å². The van der Waals surface area contributed by atoms with Gasteiger partial charge in [0.2, 0.25) is 5.91 Å². The Kier molecular flexibility index (Phi) is 5.51. The quantitative estimate of drug-likeness (QED) is 0.581. The predicted octanol–water partition coefficient (Wildman–Crippen LogP) is 4.37. The Morgan fingerprint density at radius 2 is 2.00 bits per heavy atom. The number of carbonyl (C=O) groups excluding carboxylic acids is 1. The molecule has 0 spiro atoms. The van der Waals surface area contributed by atoms with Crippen molar-refractivity contribution in [1.82, 2.24) is 14.8 Å². The van der Waals surface area contributed by atoms with Crippen molar-refractivity contribution in [1.29, 1.82) is 0 Å². The summed E-state index contributed by atoms with van der Waals surface area (Å²) in [5.41, 5.74) is 2.16. The number of hydrogen-bond donors (Lipinski definition) is 1. The maximum absolute atomic E-state index is 12.3. The Morgan fingerprint density at radius 1 is 1.31 bits per heavy atom. The van der Waals surface area contributed by atoms with Crippen molar-refractivity contribution in [3.8, 4) is 0 Å². The standard InChI is InChI=1S/C20H26N4OS/c1-5-12-24-18(14-6-7-14)22-23-19(24)26-13-17(25)21-16-10-8-15(9-11-16)20(2,3)4/h5,8-11,14H,1,6-7,12-13H2,2-4H3,(H,21,25). The van der Waals surface area contributed by atoms with Gasteiger partial charge >= 0.3 is 0 Å². The van der Waals surface area contributed by atoms with Crippen LogP contribution in [0.15, 0.2) is 42.1 Å². The molecule has 1 fully saturated rings. The van der Waals surface area contributed by atoms with E-state index in [0.717, 1.165) is 16.7 Å². The number of carbonyl (C=O) groups is 1. The molecule has 1 aliphatic carbocycles. The van der Waals surface area contributed by atoms with E-state index in [2.05, 4.69) is 59.6 Å². The van der Waals surface area contributed by atoms with Crippen LogP contribution in [0.3, 0.4) is 0 Å². The molecule has 0 radical (unpaired) electrons. The lowest BCUT2D eigenvalue weighted by Crippen LogP contribution is -2.15. The highest BCUT2D eigenvalue weighted by atomic mass is 32.2. The molecule has 1 aliphatic rings. The Morgan fingerprint density at radius 3 is 2.58 bits per heavy atom. The highest BCUT2D eigenvalue weighted by Crippen LogP contribution is 2.40. The average Bonchev–Trinajstić information content (AvgIpc) is 3.35. The lowest BCUT2D eigenvalue weighted by molar-refractivity contribution is -0.113. The third-order valence-electron chi connectivity index (χ3n) is 4.37. The molecule has 0 aliphatic heterocycles. The summed E-state index contributed by atoms with van der Waals surface area (Å²) in [6, 6.07) is 8.03. The zero-order valence-electron chi connectivity index (χ0n) is 15.7. The molecule has 1 heterocycles. The molecule has 1 saturated carbocycles. The van der Waals surface area contributed by atoms with Crippen LogP contribution in [0, 0.1) is 0 Å². The molecule has 26 heavy (non-hydrogen) atoms. The van der Waals surface area contributed by atoms with E-state index in [1.165, 1.54) is 30.2 Å². The van der Waals surface area contributed by atoms with Crippen LogP contribution in [-0.2, 0) is 16.8 Å². The van der Waals surface area contributed by atoms with Crippen molar-refractivity contribution in [2.24, 2.45) is 0 Å². The van der Waals surface area contributed by atoms with E-state index in [0.29, 0.717) is 18.2 Å². The van der Waals surface area contributed by atoms with Crippen molar-refractivity contribution in [2.45, 2.75) is 56.6 Å². The minimum absolute atomic E-state index is 0.0420. The van der Waals surface area contributed by atoms with Gasteiger partial charge in [0.05, 0.1) is 5.75 Å². The van der Waals surface area contributed by atoms with Crippen molar-refractivity contribution < 1.29 is 4.79 Å². The van der Waals surface area contributed by atoms with Gasteiger partial charge < -0.3 is 9.88 Å². The predicted molar refractivity (Wildman–Crippen MR) is 107 cm³/mol. The molecule has 1 N–H and O–H groups in total. The number of nitrogens with zero attached hydrogens (tertiary/aromatic N) is 3. The maximum Gasteiger partial charge on any atom is 0.234 e. The summed E-state index contributed by atoms with van der Waals surface area (Å²) in [6.07, 6.45) is 4.19. The van der Waals surface area contributed by atoms with E-state index in [4.69, 9.17) is 0 Å². The second-order valence-corrected chi connectivity index (χ2v) is 8.62. The van der Waals surface area contributed by atoms with E-state index in [-0.39, 0.29) is 11.3 Å². The number of aromatic nitrogens is 3. The van der Waals surface area contributed by atoms with Crippen molar-refractivity contribution in [3.05, 3.63) is 48.3 Å². The topological polar surface area (TPSA) is 59.8 Å². The van der Waals surface area contributed by atoms with Crippen LogP contribution in [0.5, 0.6) is 0 Å². The number of anilines is 1. The Labute approximate surface area is 159 Å². The molecule has 1 aromatic carbocycles. The van der Waals surface area contributed by atoms with Crippen LogP contribution in [0.2, 0.25) is 0 Å². The number of allylic oxidation sites excluding steroid dienone is 1. The van der Waals surface area contributed by atoms with Crippen molar-refractivity contribution in [3.63, 3.8) is 0 Å². The van der Waals surface area contributed by atoms with Crippen molar-refractivity contribution in [2.75, 3.05) is 11.1 Å². The van der Waals surface area contributed by atoms with Crippen LogP contribution in [0.4, 0.5) is 5.69 Å². The largest absolute Gasteiger partial charge is 0.325 e. The fourth-order valence-electron chi connectivity index (χ4n) is 2.73. The second-order valence-electron chi connectivity index (χ2n) is 7.68. The molecular weight excluding hydrogens is 344 g/mol. The van der Waals surface area contributed by atoms with Crippen LogP contribution in [-0.4, -0.2) is 26.4 Å². The molecule has 5 nitrogen and oxygen atoms in total. The van der Waals surface area contributed by atoms with Gasteiger partial charge in [-0.25, -0.2) is 0 Å². The van der Waals surface area contributed by atoms with Crippen LogP contribution >= 0.6 is 11.8 Å². The minimum Gasteiger partial charge on any atom is -0.325 e.